The maximum absolute atomic E-state index is 12.3. The number of hydrogen-bond acceptors (Lipinski definition) is 11. The third kappa shape index (κ3) is 20.5. The summed E-state index contributed by atoms with van der Waals surface area (Å²) in [5.74, 6) is -0.369. The largest absolute Gasteiger partial charge is 0.483 e. The van der Waals surface area contributed by atoms with Gasteiger partial charge in [-0.25, -0.2) is 0 Å². The lowest BCUT2D eigenvalue weighted by Gasteiger charge is -2.17. The number of ether oxygens (including phenoxy) is 9. The molecule has 0 aromatic heterocycles. The van der Waals surface area contributed by atoms with Crippen LogP contribution in [0.2, 0.25) is 0 Å². The standard InChI is InChI=1S/C38H59NO12/c1-29-24-32(4)38(33(5)25-29)34-26-31(3)35(27-30(34)2)51-28-36(40)39-7-9-44-11-13-46-15-17-48-19-21-50-23-22-49-20-18-47-16-14-45-12-10-43-8-6-37(41)42/h24-27H,6-23,28H2,1-5H3,(H,39,40)(H,41,42). The Morgan fingerprint density at radius 3 is 1.37 bits per heavy atom. The Kier molecular flexibility index (Phi) is 23.7. The van der Waals surface area contributed by atoms with Crippen LogP contribution in [0.5, 0.6) is 5.75 Å². The van der Waals surface area contributed by atoms with Crippen LogP contribution < -0.4 is 10.1 Å². The Labute approximate surface area is 303 Å². The molecule has 13 heteroatoms. The second kappa shape index (κ2) is 27.5. The molecule has 0 aliphatic heterocycles. The van der Waals surface area contributed by atoms with E-state index in [-0.39, 0.29) is 25.5 Å². The molecular weight excluding hydrogens is 662 g/mol. The number of carbonyl (C=O) groups excluding carboxylic acids is 1. The Morgan fingerprint density at radius 2 is 0.941 bits per heavy atom. The lowest BCUT2D eigenvalue weighted by atomic mass is 9.90. The van der Waals surface area contributed by atoms with E-state index in [0.717, 1.165) is 11.1 Å². The molecule has 0 saturated carbocycles. The smallest absolute Gasteiger partial charge is 0.305 e. The number of hydrogen-bond donors (Lipinski definition) is 2. The van der Waals surface area contributed by atoms with E-state index in [1.54, 1.807) is 0 Å². The van der Waals surface area contributed by atoms with Crippen molar-refractivity contribution in [1.82, 2.24) is 5.32 Å². The molecule has 0 spiro atoms. The van der Waals surface area contributed by atoms with Crippen molar-refractivity contribution >= 4 is 11.9 Å². The van der Waals surface area contributed by atoms with Gasteiger partial charge in [-0.3, -0.25) is 9.59 Å². The van der Waals surface area contributed by atoms with E-state index < -0.39 is 5.97 Å². The third-order valence-corrected chi connectivity index (χ3v) is 7.46. The van der Waals surface area contributed by atoms with Gasteiger partial charge in [0, 0.05) is 6.54 Å². The van der Waals surface area contributed by atoms with Crippen molar-refractivity contribution in [3.8, 4) is 16.9 Å². The minimum atomic E-state index is -0.878. The van der Waals surface area contributed by atoms with Gasteiger partial charge in [0.15, 0.2) is 6.61 Å². The summed E-state index contributed by atoms with van der Waals surface area (Å²) in [6, 6.07) is 8.56. The van der Waals surface area contributed by atoms with Crippen molar-refractivity contribution < 1.29 is 57.3 Å². The Hall–Kier alpha value is -3.14. The van der Waals surface area contributed by atoms with Gasteiger partial charge in [0.1, 0.15) is 5.75 Å². The van der Waals surface area contributed by atoms with Gasteiger partial charge in [-0.15, -0.1) is 0 Å². The molecule has 0 saturated heterocycles. The summed E-state index contributed by atoms with van der Waals surface area (Å²) in [5.41, 5.74) is 8.29. The van der Waals surface area contributed by atoms with E-state index in [2.05, 4.69) is 51.2 Å². The van der Waals surface area contributed by atoms with E-state index in [1.165, 1.54) is 27.8 Å². The molecule has 0 unspecified atom stereocenters. The number of aliphatic carboxylic acids is 1. The average Bonchev–Trinajstić information content (AvgIpc) is 3.08. The van der Waals surface area contributed by atoms with Gasteiger partial charge in [-0.2, -0.15) is 0 Å². The summed E-state index contributed by atoms with van der Waals surface area (Å²) in [4.78, 5) is 22.7. The number of rotatable bonds is 31. The molecule has 0 aliphatic carbocycles. The van der Waals surface area contributed by atoms with E-state index in [9.17, 15) is 9.59 Å². The highest BCUT2D eigenvalue weighted by molar-refractivity contribution is 5.78. The zero-order valence-corrected chi connectivity index (χ0v) is 31.2. The first-order chi connectivity index (χ1) is 24.7. The van der Waals surface area contributed by atoms with Crippen LogP contribution in [0.15, 0.2) is 24.3 Å². The molecule has 2 rings (SSSR count). The summed E-state index contributed by atoms with van der Waals surface area (Å²) in [5, 5.41) is 11.3. The molecule has 51 heavy (non-hydrogen) atoms. The predicted octanol–water partition coefficient (Wildman–Crippen LogP) is 4.00. The van der Waals surface area contributed by atoms with Crippen molar-refractivity contribution in [2.75, 3.05) is 119 Å². The number of carboxylic acid groups (broad SMARTS) is 1. The maximum atomic E-state index is 12.3. The molecule has 1 amide bonds. The highest BCUT2D eigenvalue weighted by Gasteiger charge is 2.13. The molecule has 2 N–H and O–H groups in total. The van der Waals surface area contributed by atoms with E-state index >= 15 is 0 Å². The number of aryl methyl sites for hydroxylation is 5. The minimum Gasteiger partial charge on any atom is -0.483 e. The molecule has 0 atom stereocenters. The zero-order chi connectivity index (χ0) is 37.1. The maximum Gasteiger partial charge on any atom is 0.305 e. The van der Waals surface area contributed by atoms with Gasteiger partial charge in [-0.1, -0.05) is 17.7 Å². The Balaban J connectivity index is 1.34. The fourth-order valence-electron chi connectivity index (χ4n) is 5.08. The number of carbonyl (C=O) groups is 2. The molecule has 2 aromatic rings. The van der Waals surface area contributed by atoms with Crippen molar-refractivity contribution in [3.05, 3.63) is 52.1 Å². The molecule has 0 heterocycles. The van der Waals surface area contributed by atoms with Crippen LogP contribution in [0, 0.1) is 34.6 Å². The van der Waals surface area contributed by atoms with Crippen LogP contribution in [0.3, 0.4) is 0 Å². The fraction of sp³-hybridized carbons (Fsp3) is 0.632. The van der Waals surface area contributed by atoms with E-state index in [1.807, 2.05) is 13.0 Å². The summed E-state index contributed by atoms with van der Waals surface area (Å²) >= 11 is 0. The van der Waals surface area contributed by atoms with Crippen LogP contribution in [-0.4, -0.2) is 136 Å². The topological polar surface area (TPSA) is 149 Å². The molecule has 0 fully saturated rings. The highest BCUT2D eigenvalue weighted by atomic mass is 16.6. The molecule has 2 aromatic carbocycles. The first-order valence-electron chi connectivity index (χ1n) is 17.6. The number of carboxylic acids is 1. The zero-order valence-electron chi connectivity index (χ0n) is 31.2. The number of nitrogens with one attached hydrogen (secondary N) is 1. The SMILES string of the molecule is Cc1cc(C)c(-c2cc(C)c(OCC(=O)NCCOCCOCCOCCOCCOCCOCCOCCOCCC(=O)O)cc2C)c(C)c1. The van der Waals surface area contributed by atoms with Crippen molar-refractivity contribution in [1.29, 1.82) is 0 Å². The second-order valence-electron chi connectivity index (χ2n) is 11.9. The van der Waals surface area contributed by atoms with Crippen LogP contribution >= 0.6 is 0 Å². The van der Waals surface area contributed by atoms with Crippen LogP contribution in [0.1, 0.15) is 34.2 Å². The lowest BCUT2D eigenvalue weighted by Crippen LogP contribution is -2.32. The third-order valence-electron chi connectivity index (χ3n) is 7.46. The summed E-state index contributed by atoms with van der Waals surface area (Å²) in [7, 11) is 0. The predicted molar refractivity (Wildman–Crippen MR) is 193 cm³/mol. The van der Waals surface area contributed by atoms with Crippen molar-refractivity contribution in [2.45, 2.75) is 41.0 Å². The van der Waals surface area contributed by atoms with Crippen molar-refractivity contribution in [3.63, 3.8) is 0 Å². The lowest BCUT2D eigenvalue weighted by molar-refractivity contribution is -0.138. The van der Waals surface area contributed by atoms with E-state index in [0.29, 0.717) is 111 Å². The monoisotopic (exact) mass is 721 g/mol. The summed E-state index contributed by atoms with van der Waals surface area (Å²) < 4.78 is 49.1. The number of benzene rings is 2. The summed E-state index contributed by atoms with van der Waals surface area (Å²) in [6.07, 6.45) is -0.00732. The van der Waals surface area contributed by atoms with Gasteiger partial charge < -0.3 is 53.1 Å². The molecule has 13 nitrogen and oxygen atoms in total. The second-order valence-corrected chi connectivity index (χ2v) is 11.9. The molecule has 0 bridgehead atoms. The van der Waals surface area contributed by atoms with Gasteiger partial charge in [0.2, 0.25) is 0 Å². The Bertz CT molecular complexity index is 1250. The van der Waals surface area contributed by atoms with Gasteiger partial charge in [0.05, 0.1) is 112 Å². The molecule has 0 radical (unpaired) electrons. The van der Waals surface area contributed by atoms with Gasteiger partial charge in [-0.05, 0) is 80.1 Å². The van der Waals surface area contributed by atoms with E-state index in [4.69, 9.17) is 47.7 Å². The van der Waals surface area contributed by atoms with Gasteiger partial charge in [0.25, 0.3) is 5.91 Å². The number of amides is 1. The van der Waals surface area contributed by atoms with Crippen molar-refractivity contribution in [2.24, 2.45) is 0 Å². The first kappa shape index (κ1) is 44.0. The molecule has 288 valence electrons. The van der Waals surface area contributed by atoms with Gasteiger partial charge >= 0.3 is 5.97 Å². The molecule has 0 aliphatic rings. The van der Waals surface area contributed by atoms with Crippen LogP contribution in [0.25, 0.3) is 11.1 Å². The first-order valence-corrected chi connectivity index (χ1v) is 17.6. The normalized spacial score (nSPS) is 11.2. The summed E-state index contributed by atoms with van der Waals surface area (Å²) in [6.45, 7) is 17.6. The highest BCUT2D eigenvalue weighted by Crippen LogP contribution is 2.34. The average molecular weight is 722 g/mol. The minimum absolute atomic E-state index is 0.00732. The van der Waals surface area contributed by atoms with Crippen LogP contribution in [-0.2, 0) is 47.5 Å². The Morgan fingerprint density at radius 1 is 0.529 bits per heavy atom. The fourth-order valence-corrected chi connectivity index (χ4v) is 5.08. The molecular formula is C38H59NO12. The van der Waals surface area contributed by atoms with Crippen LogP contribution in [0.4, 0.5) is 0 Å². The quantitative estimate of drug-likeness (QED) is 0.108.